The Hall–Kier alpha value is -1.24. The van der Waals surface area contributed by atoms with Crippen LogP contribution in [0.4, 0.5) is 5.69 Å². The van der Waals surface area contributed by atoms with Crippen molar-refractivity contribution in [3.8, 4) is 0 Å². The Morgan fingerprint density at radius 3 is 2.90 bits per heavy atom. The van der Waals surface area contributed by atoms with Crippen LogP contribution >= 0.6 is 24.2 Å². The Morgan fingerprint density at radius 2 is 2.25 bits per heavy atom. The highest BCUT2D eigenvalue weighted by atomic mass is 35.5. The lowest BCUT2D eigenvalue weighted by atomic mass is 10.2. The monoisotopic (exact) mass is 315 g/mol. The van der Waals surface area contributed by atoms with E-state index in [9.17, 15) is 9.59 Å². The third-order valence-corrected chi connectivity index (χ3v) is 3.69. The van der Waals surface area contributed by atoms with Gasteiger partial charge in [-0.15, -0.1) is 24.2 Å². The zero-order chi connectivity index (χ0) is 13.7. The maximum Gasteiger partial charge on any atom is 0.238 e. The fourth-order valence-electron chi connectivity index (χ4n) is 1.84. The van der Waals surface area contributed by atoms with Crippen molar-refractivity contribution in [2.24, 2.45) is 0 Å². The highest BCUT2D eigenvalue weighted by Crippen LogP contribution is 2.12. The molecule has 2 amide bonds. The third-order valence-electron chi connectivity index (χ3n) is 2.75. The third kappa shape index (κ3) is 5.03. The van der Waals surface area contributed by atoms with Gasteiger partial charge < -0.3 is 10.6 Å². The van der Waals surface area contributed by atoms with Crippen molar-refractivity contribution in [2.45, 2.75) is 19.5 Å². The molecule has 0 spiro atoms. The quantitative estimate of drug-likeness (QED) is 0.784. The molecule has 1 atom stereocenters. The number of benzene rings is 1. The van der Waals surface area contributed by atoms with Crippen molar-refractivity contribution >= 4 is 41.7 Å². The first kappa shape index (κ1) is 16.8. The lowest BCUT2D eigenvalue weighted by Gasteiger charge is -2.11. The molecule has 1 saturated heterocycles. The minimum Gasteiger partial charge on any atom is -0.351 e. The summed E-state index contributed by atoms with van der Waals surface area (Å²) in [6.07, 6.45) is 0. The molecule has 1 aromatic rings. The largest absolute Gasteiger partial charge is 0.351 e. The number of hydrogen-bond acceptors (Lipinski definition) is 4. The van der Waals surface area contributed by atoms with Crippen molar-refractivity contribution in [1.82, 2.24) is 10.6 Å². The van der Waals surface area contributed by atoms with Gasteiger partial charge in [0.2, 0.25) is 11.8 Å². The molecular weight excluding hydrogens is 298 g/mol. The average Bonchev–Trinajstić information content (AvgIpc) is 2.89. The number of rotatable bonds is 4. The maximum absolute atomic E-state index is 11.8. The van der Waals surface area contributed by atoms with Crippen LogP contribution in [0.2, 0.25) is 0 Å². The first-order chi connectivity index (χ1) is 9.15. The summed E-state index contributed by atoms with van der Waals surface area (Å²) in [6, 6.07) is 7.36. The standard InChI is InChI=1S/C13H17N3O2S.ClH/c1-9(17)16-11-4-2-3-10(5-11)6-14-13(18)12-7-19-8-15-12;/h2-5,12,15H,6-8H2,1H3,(H,14,18)(H,16,17);1H. The molecule has 0 radical (unpaired) electrons. The van der Waals surface area contributed by atoms with Crippen LogP contribution in [0, 0.1) is 0 Å². The van der Waals surface area contributed by atoms with Crippen molar-refractivity contribution in [3.63, 3.8) is 0 Å². The Balaban J connectivity index is 0.00000200. The van der Waals surface area contributed by atoms with Crippen LogP contribution in [0.25, 0.3) is 0 Å². The summed E-state index contributed by atoms with van der Waals surface area (Å²) >= 11 is 1.72. The van der Waals surface area contributed by atoms with Gasteiger partial charge in [-0.25, -0.2) is 0 Å². The second-order valence-corrected chi connectivity index (χ2v) is 5.40. The highest BCUT2D eigenvalue weighted by molar-refractivity contribution is 7.99. The van der Waals surface area contributed by atoms with E-state index in [1.54, 1.807) is 11.8 Å². The zero-order valence-corrected chi connectivity index (χ0v) is 12.8. The van der Waals surface area contributed by atoms with Crippen LogP contribution in [-0.2, 0) is 16.1 Å². The number of carbonyl (C=O) groups excluding carboxylic acids is 2. The number of amides is 2. The van der Waals surface area contributed by atoms with E-state index in [4.69, 9.17) is 0 Å². The number of carbonyl (C=O) groups is 2. The molecule has 7 heteroatoms. The predicted molar refractivity (Wildman–Crippen MR) is 84.1 cm³/mol. The van der Waals surface area contributed by atoms with E-state index in [1.807, 2.05) is 24.3 Å². The summed E-state index contributed by atoms with van der Waals surface area (Å²) in [5.74, 6) is 1.57. The Morgan fingerprint density at radius 1 is 1.45 bits per heavy atom. The van der Waals surface area contributed by atoms with E-state index in [-0.39, 0.29) is 30.3 Å². The van der Waals surface area contributed by atoms with Crippen molar-refractivity contribution in [2.75, 3.05) is 16.9 Å². The van der Waals surface area contributed by atoms with Crippen LogP contribution < -0.4 is 16.0 Å². The van der Waals surface area contributed by atoms with Crippen LogP contribution in [0.15, 0.2) is 24.3 Å². The van der Waals surface area contributed by atoms with Gasteiger partial charge in [-0.3, -0.25) is 14.9 Å². The summed E-state index contributed by atoms with van der Waals surface area (Å²) in [5.41, 5.74) is 1.71. The smallest absolute Gasteiger partial charge is 0.238 e. The van der Waals surface area contributed by atoms with Crippen LogP contribution in [0.5, 0.6) is 0 Å². The highest BCUT2D eigenvalue weighted by Gasteiger charge is 2.21. The summed E-state index contributed by atoms with van der Waals surface area (Å²) in [7, 11) is 0. The first-order valence-corrected chi connectivity index (χ1v) is 7.26. The van der Waals surface area contributed by atoms with E-state index in [2.05, 4.69) is 16.0 Å². The molecule has 0 saturated carbocycles. The summed E-state index contributed by atoms with van der Waals surface area (Å²) in [6.45, 7) is 1.94. The number of thioether (sulfide) groups is 1. The van der Waals surface area contributed by atoms with E-state index >= 15 is 0 Å². The molecule has 110 valence electrons. The number of hydrogen-bond donors (Lipinski definition) is 3. The molecule has 3 N–H and O–H groups in total. The average molecular weight is 316 g/mol. The zero-order valence-electron chi connectivity index (χ0n) is 11.1. The Labute approximate surface area is 128 Å². The molecule has 0 aliphatic carbocycles. The second kappa shape index (κ2) is 8.14. The first-order valence-electron chi connectivity index (χ1n) is 6.10. The van der Waals surface area contributed by atoms with E-state index in [0.29, 0.717) is 6.54 Å². The summed E-state index contributed by atoms with van der Waals surface area (Å²) in [4.78, 5) is 22.8. The van der Waals surface area contributed by atoms with E-state index in [0.717, 1.165) is 22.9 Å². The van der Waals surface area contributed by atoms with Gasteiger partial charge in [-0.2, -0.15) is 0 Å². The topological polar surface area (TPSA) is 70.2 Å². The molecular formula is C13H18ClN3O2S. The number of nitrogens with one attached hydrogen (secondary N) is 3. The fraction of sp³-hybridized carbons (Fsp3) is 0.385. The molecule has 20 heavy (non-hydrogen) atoms. The molecule has 1 fully saturated rings. The van der Waals surface area contributed by atoms with Gasteiger partial charge in [0, 0.05) is 30.8 Å². The van der Waals surface area contributed by atoms with Crippen molar-refractivity contribution in [1.29, 1.82) is 0 Å². The second-order valence-electron chi connectivity index (χ2n) is 4.37. The van der Waals surface area contributed by atoms with Gasteiger partial charge >= 0.3 is 0 Å². The molecule has 1 aromatic carbocycles. The SMILES string of the molecule is CC(=O)Nc1cccc(CNC(=O)C2CSCN2)c1.Cl. The van der Waals surface area contributed by atoms with E-state index in [1.165, 1.54) is 6.92 Å². The molecule has 1 heterocycles. The van der Waals surface area contributed by atoms with Crippen molar-refractivity contribution in [3.05, 3.63) is 29.8 Å². The maximum atomic E-state index is 11.8. The van der Waals surface area contributed by atoms with Gasteiger partial charge in [0.25, 0.3) is 0 Å². The predicted octanol–water partition coefficient (Wildman–Crippen LogP) is 1.35. The lowest BCUT2D eigenvalue weighted by molar-refractivity contribution is -0.122. The number of anilines is 1. The van der Waals surface area contributed by atoms with Gasteiger partial charge in [0.15, 0.2) is 0 Å². The molecule has 1 unspecified atom stereocenters. The molecule has 5 nitrogen and oxygen atoms in total. The summed E-state index contributed by atoms with van der Waals surface area (Å²) in [5, 5.41) is 8.74. The Bertz CT molecular complexity index is 478. The molecule has 1 aliphatic heterocycles. The van der Waals surface area contributed by atoms with Gasteiger partial charge in [-0.05, 0) is 17.7 Å². The Kier molecular flexibility index (Phi) is 6.84. The lowest BCUT2D eigenvalue weighted by Crippen LogP contribution is -2.41. The molecule has 2 rings (SSSR count). The van der Waals surface area contributed by atoms with Crippen LogP contribution in [0.1, 0.15) is 12.5 Å². The molecule has 1 aliphatic rings. The summed E-state index contributed by atoms with van der Waals surface area (Å²) < 4.78 is 0. The van der Waals surface area contributed by atoms with Crippen LogP contribution in [-0.4, -0.2) is 29.5 Å². The molecule has 0 bridgehead atoms. The number of halogens is 1. The van der Waals surface area contributed by atoms with Gasteiger partial charge in [0.1, 0.15) is 0 Å². The van der Waals surface area contributed by atoms with Gasteiger partial charge in [0.05, 0.1) is 6.04 Å². The van der Waals surface area contributed by atoms with Gasteiger partial charge in [-0.1, -0.05) is 12.1 Å². The minimum atomic E-state index is -0.103. The van der Waals surface area contributed by atoms with E-state index < -0.39 is 0 Å². The normalized spacial score (nSPS) is 17.1. The molecule has 0 aromatic heterocycles. The fourth-order valence-corrected chi connectivity index (χ4v) is 2.78. The minimum absolute atomic E-state index is 0. The van der Waals surface area contributed by atoms with Crippen molar-refractivity contribution < 1.29 is 9.59 Å². The van der Waals surface area contributed by atoms with Crippen LogP contribution in [0.3, 0.4) is 0 Å².